The monoisotopic (exact) mass is 223 g/mol. The molecular weight excluding hydrogens is 198 g/mol. The molecule has 0 bridgehead atoms. The fourth-order valence-corrected chi connectivity index (χ4v) is 1.81. The van der Waals surface area contributed by atoms with E-state index in [-0.39, 0.29) is 5.54 Å². The fourth-order valence-electron chi connectivity index (χ4n) is 1.81. The fraction of sp³-hybridized carbons (Fsp3) is 0.769. The first-order valence-corrected chi connectivity index (χ1v) is 6.24. The average molecular weight is 223 g/mol. The molecule has 1 N–H and O–H groups in total. The van der Waals surface area contributed by atoms with Crippen molar-refractivity contribution in [3.05, 3.63) is 18.2 Å². The molecule has 0 aliphatic heterocycles. The maximum absolute atomic E-state index is 4.38. The van der Waals surface area contributed by atoms with Gasteiger partial charge in [0.25, 0.3) is 0 Å². The number of rotatable bonds is 5. The predicted octanol–water partition coefficient (Wildman–Crippen LogP) is 2.78. The molecule has 0 aromatic carbocycles. The van der Waals surface area contributed by atoms with E-state index in [0.717, 1.165) is 19.4 Å². The zero-order valence-corrected chi connectivity index (χ0v) is 11.2. The molecule has 0 spiro atoms. The Balaban J connectivity index is 2.67. The van der Waals surface area contributed by atoms with Gasteiger partial charge >= 0.3 is 0 Å². The Morgan fingerprint density at radius 2 is 2.06 bits per heavy atom. The molecule has 1 rings (SSSR count). The number of aryl methyl sites for hydroxylation is 1. The molecule has 0 saturated heterocycles. The Morgan fingerprint density at radius 3 is 2.56 bits per heavy atom. The van der Waals surface area contributed by atoms with Crippen LogP contribution in [0.5, 0.6) is 0 Å². The number of hydrogen-bond donors (Lipinski definition) is 1. The topological polar surface area (TPSA) is 29.9 Å². The van der Waals surface area contributed by atoms with Crippen molar-refractivity contribution in [2.45, 2.75) is 59.0 Å². The maximum Gasteiger partial charge on any atom is 0.108 e. The molecule has 3 heteroatoms. The van der Waals surface area contributed by atoms with E-state index < -0.39 is 0 Å². The summed E-state index contributed by atoms with van der Waals surface area (Å²) < 4.78 is 2.30. The summed E-state index contributed by atoms with van der Waals surface area (Å²) in [6.45, 7) is 12.0. The standard InChI is InChI=1S/C13H25N3/c1-6-11(10-15-13(3,4)5)16-9-8-14-12(16)7-2/h8-9,11,15H,6-7,10H2,1-5H3. The van der Waals surface area contributed by atoms with Gasteiger partial charge in [0.05, 0.1) is 0 Å². The Morgan fingerprint density at radius 1 is 1.38 bits per heavy atom. The normalized spacial score (nSPS) is 14.1. The first-order valence-electron chi connectivity index (χ1n) is 6.24. The van der Waals surface area contributed by atoms with Crippen molar-refractivity contribution in [2.75, 3.05) is 6.54 Å². The Bertz CT molecular complexity index is 309. The zero-order chi connectivity index (χ0) is 12.2. The van der Waals surface area contributed by atoms with E-state index in [0.29, 0.717) is 6.04 Å². The Kier molecular flexibility index (Phi) is 4.54. The molecule has 0 amide bonds. The first kappa shape index (κ1) is 13.2. The number of aromatic nitrogens is 2. The lowest BCUT2D eigenvalue weighted by atomic mass is 10.1. The van der Waals surface area contributed by atoms with Crippen LogP contribution in [0.1, 0.15) is 52.9 Å². The Hall–Kier alpha value is -0.830. The van der Waals surface area contributed by atoms with E-state index in [1.54, 1.807) is 0 Å². The number of nitrogens with one attached hydrogen (secondary N) is 1. The lowest BCUT2D eigenvalue weighted by Gasteiger charge is -2.26. The van der Waals surface area contributed by atoms with E-state index in [2.05, 4.69) is 55.7 Å². The van der Waals surface area contributed by atoms with Crippen LogP contribution >= 0.6 is 0 Å². The van der Waals surface area contributed by atoms with Crippen LogP contribution < -0.4 is 5.32 Å². The quantitative estimate of drug-likeness (QED) is 0.832. The highest BCUT2D eigenvalue weighted by atomic mass is 15.1. The average Bonchev–Trinajstić information content (AvgIpc) is 2.65. The smallest absolute Gasteiger partial charge is 0.108 e. The van der Waals surface area contributed by atoms with Gasteiger partial charge < -0.3 is 9.88 Å². The van der Waals surface area contributed by atoms with Crippen molar-refractivity contribution in [1.82, 2.24) is 14.9 Å². The van der Waals surface area contributed by atoms with Crippen LogP contribution in [0, 0.1) is 0 Å². The van der Waals surface area contributed by atoms with Crippen molar-refractivity contribution < 1.29 is 0 Å². The molecule has 0 fully saturated rings. The molecule has 1 aromatic heterocycles. The van der Waals surface area contributed by atoms with Gasteiger partial charge in [-0.15, -0.1) is 0 Å². The summed E-state index contributed by atoms with van der Waals surface area (Å²) in [6.07, 6.45) is 6.13. The largest absolute Gasteiger partial charge is 0.331 e. The molecule has 92 valence electrons. The van der Waals surface area contributed by atoms with Crippen LogP contribution in [0.4, 0.5) is 0 Å². The van der Waals surface area contributed by atoms with Crippen molar-refractivity contribution in [3.63, 3.8) is 0 Å². The maximum atomic E-state index is 4.38. The van der Waals surface area contributed by atoms with E-state index in [1.165, 1.54) is 5.82 Å². The highest BCUT2D eigenvalue weighted by molar-refractivity contribution is 4.95. The SMILES string of the molecule is CCc1nccn1C(CC)CNC(C)(C)C. The van der Waals surface area contributed by atoms with Crippen molar-refractivity contribution in [1.29, 1.82) is 0 Å². The van der Waals surface area contributed by atoms with Gasteiger partial charge in [0, 0.05) is 36.9 Å². The molecule has 1 atom stereocenters. The Labute approximate surface area is 99.3 Å². The third kappa shape index (κ3) is 3.63. The van der Waals surface area contributed by atoms with Gasteiger partial charge in [0.1, 0.15) is 5.82 Å². The summed E-state index contributed by atoms with van der Waals surface area (Å²) >= 11 is 0. The molecule has 0 aliphatic carbocycles. The second-order valence-corrected chi connectivity index (χ2v) is 5.30. The van der Waals surface area contributed by atoms with Crippen LogP contribution in [0.2, 0.25) is 0 Å². The van der Waals surface area contributed by atoms with E-state index in [1.807, 2.05) is 6.20 Å². The van der Waals surface area contributed by atoms with Crippen molar-refractivity contribution >= 4 is 0 Å². The molecule has 0 saturated carbocycles. The second kappa shape index (κ2) is 5.48. The van der Waals surface area contributed by atoms with Gasteiger partial charge in [-0.05, 0) is 27.2 Å². The number of imidazole rings is 1. The minimum Gasteiger partial charge on any atom is -0.331 e. The minimum absolute atomic E-state index is 0.181. The van der Waals surface area contributed by atoms with Crippen LogP contribution in [0.25, 0.3) is 0 Å². The molecule has 16 heavy (non-hydrogen) atoms. The van der Waals surface area contributed by atoms with Gasteiger partial charge in [0.15, 0.2) is 0 Å². The third-order valence-corrected chi connectivity index (χ3v) is 2.80. The molecule has 0 radical (unpaired) electrons. The highest BCUT2D eigenvalue weighted by Gasteiger charge is 2.15. The molecule has 0 aliphatic rings. The summed E-state index contributed by atoms with van der Waals surface area (Å²) in [7, 11) is 0. The van der Waals surface area contributed by atoms with Crippen LogP contribution in [-0.2, 0) is 6.42 Å². The first-order chi connectivity index (χ1) is 7.48. The predicted molar refractivity (Wildman–Crippen MR) is 68.7 cm³/mol. The van der Waals surface area contributed by atoms with Gasteiger partial charge in [-0.3, -0.25) is 0 Å². The van der Waals surface area contributed by atoms with Gasteiger partial charge in [-0.25, -0.2) is 4.98 Å². The van der Waals surface area contributed by atoms with Gasteiger partial charge in [-0.2, -0.15) is 0 Å². The molecule has 1 heterocycles. The minimum atomic E-state index is 0.181. The summed E-state index contributed by atoms with van der Waals surface area (Å²) in [5.74, 6) is 1.18. The molecule has 1 aromatic rings. The van der Waals surface area contributed by atoms with Gasteiger partial charge in [0.2, 0.25) is 0 Å². The van der Waals surface area contributed by atoms with E-state index in [9.17, 15) is 0 Å². The summed E-state index contributed by atoms with van der Waals surface area (Å²) in [5.41, 5.74) is 0.181. The second-order valence-electron chi connectivity index (χ2n) is 5.30. The summed E-state index contributed by atoms with van der Waals surface area (Å²) in [6, 6.07) is 0.511. The lowest BCUT2D eigenvalue weighted by Crippen LogP contribution is -2.39. The van der Waals surface area contributed by atoms with Crippen molar-refractivity contribution in [3.8, 4) is 0 Å². The van der Waals surface area contributed by atoms with E-state index in [4.69, 9.17) is 0 Å². The summed E-state index contributed by atoms with van der Waals surface area (Å²) in [4.78, 5) is 4.38. The van der Waals surface area contributed by atoms with Crippen LogP contribution in [0.15, 0.2) is 12.4 Å². The zero-order valence-electron chi connectivity index (χ0n) is 11.2. The molecule has 3 nitrogen and oxygen atoms in total. The number of nitrogens with zero attached hydrogens (tertiary/aromatic N) is 2. The van der Waals surface area contributed by atoms with Crippen molar-refractivity contribution in [2.24, 2.45) is 0 Å². The van der Waals surface area contributed by atoms with Crippen LogP contribution in [-0.4, -0.2) is 21.6 Å². The van der Waals surface area contributed by atoms with Crippen LogP contribution in [0.3, 0.4) is 0 Å². The summed E-state index contributed by atoms with van der Waals surface area (Å²) in [5, 5.41) is 3.56. The molecular formula is C13H25N3. The highest BCUT2D eigenvalue weighted by Crippen LogP contribution is 2.14. The molecule has 1 unspecified atom stereocenters. The lowest BCUT2D eigenvalue weighted by molar-refractivity contribution is 0.356. The third-order valence-electron chi connectivity index (χ3n) is 2.80. The van der Waals surface area contributed by atoms with E-state index >= 15 is 0 Å². The number of hydrogen-bond acceptors (Lipinski definition) is 2. The van der Waals surface area contributed by atoms with Gasteiger partial charge in [-0.1, -0.05) is 13.8 Å².